The van der Waals surface area contributed by atoms with Crippen LogP contribution in [0.1, 0.15) is 72.1 Å². The fourth-order valence-electron chi connectivity index (χ4n) is 9.28. The number of likely N-dealkylation sites (tertiary alicyclic amines) is 1. The first-order valence-corrected chi connectivity index (χ1v) is 12.6. The van der Waals surface area contributed by atoms with Crippen LogP contribution in [0.4, 0.5) is 0 Å². The fourth-order valence-corrected chi connectivity index (χ4v) is 9.28. The average molecular weight is 414 g/mol. The summed E-state index contributed by atoms with van der Waals surface area (Å²) < 4.78 is 0. The minimum atomic E-state index is -0.398. The van der Waals surface area contributed by atoms with Gasteiger partial charge in [-0.25, -0.2) is 0 Å². The Morgan fingerprint density at radius 2 is 1.93 bits per heavy atom. The molecule has 4 aliphatic carbocycles. The van der Waals surface area contributed by atoms with Gasteiger partial charge in [0.15, 0.2) is 0 Å². The maximum Gasteiger partial charge on any atom is 0.239 e. The summed E-state index contributed by atoms with van der Waals surface area (Å²) in [5, 5.41) is 0. The van der Waals surface area contributed by atoms with Gasteiger partial charge in [-0.1, -0.05) is 18.6 Å². The highest BCUT2D eigenvalue weighted by molar-refractivity contribution is 5.81. The third kappa shape index (κ3) is 2.75. The summed E-state index contributed by atoms with van der Waals surface area (Å²) in [7, 11) is 4.33. The average Bonchev–Trinajstić information content (AvgIpc) is 3.20. The third-order valence-electron chi connectivity index (χ3n) is 11.0. The van der Waals surface area contributed by atoms with Crippen molar-refractivity contribution in [1.29, 1.82) is 0 Å². The molecule has 30 heavy (non-hydrogen) atoms. The molecule has 1 unspecified atom stereocenters. The van der Waals surface area contributed by atoms with E-state index >= 15 is 0 Å². The molecule has 0 bridgehead atoms. The molecule has 9 atom stereocenters. The number of allylic oxidation sites excluding steroid dienone is 1. The van der Waals surface area contributed by atoms with Gasteiger partial charge >= 0.3 is 0 Å². The quantitative estimate of drug-likeness (QED) is 0.695. The zero-order valence-electron chi connectivity index (χ0n) is 19.9. The van der Waals surface area contributed by atoms with Crippen molar-refractivity contribution in [3.05, 3.63) is 11.6 Å². The fraction of sp³-hybridized carbons (Fsp3) is 0.885. The largest absolute Gasteiger partial charge is 0.341 e. The van der Waals surface area contributed by atoms with Crippen LogP contribution in [0.15, 0.2) is 11.6 Å². The van der Waals surface area contributed by atoms with Gasteiger partial charge < -0.3 is 15.5 Å². The van der Waals surface area contributed by atoms with E-state index in [2.05, 4.69) is 31.9 Å². The second kappa shape index (κ2) is 7.07. The van der Waals surface area contributed by atoms with Crippen LogP contribution in [0.5, 0.6) is 0 Å². The Morgan fingerprint density at radius 1 is 1.20 bits per heavy atom. The number of amides is 1. The molecule has 0 aromatic carbocycles. The topological polar surface area (TPSA) is 49.6 Å². The number of hydrogen-bond acceptors (Lipinski definition) is 3. The molecule has 0 aromatic rings. The molecule has 4 heteroatoms. The van der Waals surface area contributed by atoms with Crippen molar-refractivity contribution >= 4 is 5.91 Å². The van der Waals surface area contributed by atoms with Crippen molar-refractivity contribution in [1.82, 2.24) is 9.80 Å². The van der Waals surface area contributed by atoms with Gasteiger partial charge in [-0.15, -0.1) is 0 Å². The first-order valence-electron chi connectivity index (χ1n) is 12.6. The summed E-state index contributed by atoms with van der Waals surface area (Å²) in [4.78, 5) is 17.1. The summed E-state index contributed by atoms with van der Waals surface area (Å²) in [6, 6.07) is 0.699. The number of rotatable bonds is 2. The monoisotopic (exact) mass is 413 g/mol. The maximum absolute atomic E-state index is 12.5. The lowest BCUT2D eigenvalue weighted by molar-refractivity contribution is -0.134. The maximum atomic E-state index is 12.5. The van der Waals surface area contributed by atoms with Crippen LogP contribution < -0.4 is 5.73 Å². The van der Waals surface area contributed by atoms with Gasteiger partial charge in [0.25, 0.3) is 0 Å². The van der Waals surface area contributed by atoms with Crippen molar-refractivity contribution in [3.63, 3.8) is 0 Å². The Morgan fingerprint density at radius 3 is 2.67 bits per heavy atom. The number of carbonyl (C=O) groups excluding carboxylic acids is 1. The molecule has 0 aromatic heterocycles. The summed E-state index contributed by atoms with van der Waals surface area (Å²) in [6.45, 7) is 8.21. The van der Waals surface area contributed by atoms with Gasteiger partial charge in [0.2, 0.25) is 5.91 Å². The molecular formula is C26H43N3O. The molecule has 168 valence electrons. The zero-order valence-corrected chi connectivity index (χ0v) is 19.9. The molecule has 2 N–H and O–H groups in total. The van der Waals surface area contributed by atoms with Crippen LogP contribution in [0.25, 0.3) is 0 Å². The molecule has 3 saturated carbocycles. The molecular weight excluding hydrogens is 370 g/mol. The summed E-state index contributed by atoms with van der Waals surface area (Å²) in [5.41, 5.74) is 8.51. The summed E-state index contributed by atoms with van der Waals surface area (Å²) in [6.07, 6.45) is 13.1. The zero-order chi connectivity index (χ0) is 21.4. The Balaban J connectivity index is 1.38. The minimum Gasteiger partial charge on any atom is -0.341 e. The Bertz CT molecular complexity index is 747. The van der Waals surface area contributed by atoms with E-state index in [-0.39, 0.29) is 5.91 Å². The van der Waals surface area contributed by atoms with Gasteiger partial charge in [0.1, 0.15) is 0 Å². The summed E-state index contributed by atoms with van der Waals surface area (Å²) in [5.74, 6) is 3.69. The van der Waals surface area contributed by atoms with Gasteiger partial charge in [-0.05, 0) is 107 Å². The van der Waals surface area contributed by atoms with Crippen molar-refractivity contribution in [3.8, 4) is 0 Å². The molecule has 5 aliphatic rings. The molecule has 1 spiro atoms. The highest BCUT2D eigenvalue weighted by Crippen LogP contribution is 2.68. The summed E-state index contributed by atoms with van der Waals surface area (Å²) >= 11 is 0. The van der Waals surface area contributed by atoms with E-state index in [0.29, 0.717) is 16.9 Å². The normalized spacial score (nSPS) is 48.8. The molecule has 4 fully saturated rings. The molecule has 1 amide bonds. The van der Waals surface area contributed by atoms with Crippen molar-refractivity contribution in [2.45, 2.75) is 90.3 Å². The van der Waals surface area contributed by atoms with Crippen LogP contribution in [0.2, 0.25) is 0 Å². The highest BCUT2D eigenvalue weighted by atomic mass is 16.2. The first-order chi connectivity index (χ1) is 14.2. The number of hydrogen-bond donors (Lipinski definition) is 1. The number of likely N-dealkylation sites (N-methyl/N-ethyl adjacent to an activating group) is 1. The van der Waals surface area contributed by atoms with Gasteiger partial charge in [0.05, 0.1) is 6.04 Å². The Labute approximate surface area is 183 Å². The second-order valence-corrected chi connectivity index (χ2v) is 12.0. The van der Waals surface area contributed by atoms with Crippen molar-refractivity contribution in [2.24, 2.45) is 40.2 Å². The van der Waals surface area contributed by atoms with Crippen LogP contribution in [-0.4, -0.2) is 54.5 Å². The lowest BCUT2D eigenvalue weighted by atomic mass is 9.47. The van der Waals surface area contributed by atoms with Crippen LogP contribution >= 0.6 is 0 Å². The molecule has 5 rings (SSSR count). The van der Waals surface area contributed by atoms with Crippen LogP contribution in [-0.2, 0) is 4.79 Å². The van der Waals surface area contributed by atoms with E-state index < -0.39 is 6.04 Å². The smallest absolute Gasteiger partial charge is 0.239 e. The van der Waals surface area contributed by atoms with Crippen molar-refractivity contribution in [2.75, 3.05) is 20.6 Å². The molecule has 1 aliphatic heterocycles. The number of nitrogens with two attached hydrogens (primary N) is 1. The SMILES string of the molecule is C[C@@H](N)C(=O)N(C)[C@H]1CC[C@@]2(C)C(=CC[C@@H]3C2CC[C@]24CN(C)[C@@H](C)[C@H]2CC[C@@H]34)C1. The van der Waals surface area contributed by atoms with E-state index in [9.17, 15) is 4.79 Å². The van der Waals surface area contributed by atoms with E-state index in [1.807, 2.05) is 18.9 Å². The lowest BCUT2D eigenvalue weighted by Gasteiger charge is -2.58. The molecule has 4 nitrogen and oxygen atoms in total. The van der Waals surface area contributed by atoms with E-state index in [4.69, 9.17) is 5.73 Å². The number of nitrogens with zero attached hydrogens (tertiary/aromatic N) is 2. The second-order valence-electron chi connectivity index (χ2n) is 12.0. The molecule has 1 heterocycles. The Hall–Kier alpha value is -0.870. The van der Waals surface area contributed by atoms with Crippen LogP contribution in [0.3, 0.4) is 0 Å². The molecule has 0 radical (unpaired) electrons. The van der Waals surface area contributed by atoms with E-state index in [1.165, 1.54) is 45.1 Å². The Kier molecular flexibility index (Phi) is 4.95. The van der Waals surface area contributed by atoms with E-state index in [1.54, 1.807) is 5.57 Å². The highest BCUT2D eigenvalue weighted by Gasteiger charge is 2.64. The molecule has 1 saturated heterocycles. The first kappa shape index (κ1) is 21.0. The standard InChI is InChI=1S/C26H43N3O/c1-16(27)24(30)29(5)19-10-12-25(3)18(14-19)6-7-20-22(25)11-13-26-15-28(4)17(2)21(26)8-9-23(20)26/h6,16-17,19-23H,7-15,27H2,1-5H3/t16-,17+,19+,20-,21-,22?,23+,25+,26+/m1/s1. The van der Waals surface area contributed by atoms with Gasteiger partial charge in [0, 0.05) is 25.7 Å². The number of carbonyl (C=O) groups is 1. The van der Waals surface area contributed by atoms with Crippen LogP contribution in [0, 0.1) is 34.5 Å². The minimum absolute atomic E-state index is 0.0916. The van der Waals surface area contributed by atoms with Crippen molar-refractivity contribution < 1.29 is 4.79 Å². The van der Waals surface area contributed by atoms with Gasteiger partial charge in [-0.3, -0.25) is 4.79 Å². The number of fused-ring (bicyclic) bond motifs is 4. The van der Waals surface area contributed by atoms with Gasteiger partial charge in [-0.2, -0.15) is 0 Å². The predicted octanol–water partition coefficient (Wildman–Crippen LogP) is 4.05. The third-order valence-corrected chi connectivity index (χ3v) is 11.0. The van der Waals surface area contributed by atoms with E-state index in [0.717, 1.165) is 42.6 Å². The lowest BCUT2D eigenvalue weighted by Crippen LogP contribution is -2.53. The predicted molar refractivity (Wildman–Crippen MR) is 122 cm³/mol.